The number of H-pyrrole nitrogens is 1. The fourth-order valence-corrected chi connectivity index (χ4v) is 3.80. The van der Waals surface area contributed by atoms with Gasteiger partial charge in [-0.15, -0.1) is 0 Å². The summed E-state index contributed by atoms with van der Waals surface area (Å²) in [5.41, 5.74) is 0.0207. The smallest absolute Gasteiger partial charge is 0.263 e. The van der Waals surface area contributed by atoms with Crippen LogP contribution in [-0.4, -0.2) is 78.0 Å². The Morgan fingerprint density at radius 2 is 1.82 bits per heavy atom. The van der Waals surface area contributed by atoms with Crippen LogP contribution in [0.1, 0.15) is 6.42 Å². The van der Waals surface area contributed by atoms with Gasteiger partial charge in [0, 0.05) is 58.6 Å². The summed E-state index contributed by atoms with van der Waals surface area (Å²) in [6.07, 6.45) is 1.95. The lowest BCUT2D eigenvalue weighted by Crippen LogP contribution is -2.48. The monoisotopic (exact) mass is 464 g/mol. The summed E-state index contributed by atoms with van der Waals surface area (Å²) in [5.74, 6) is -0.911. The number of aliphatic hydroxyl groups is 1. The Kier molecular flexibility index (Phi) is 7.04. The van der Waals surface area contributed by atoms with Crippen LogP contribution in [0.15, 0.2) is 23.1 Å². The number of nitrogens with one attached hydrogen (secondary N) is 1. The molecule has 1 fully saturated rings. The number of halogens is 2. The molecule has 0 bridgehead atoms. The number of piperazine rings is 1. The quantitative estimate of drug-likeness (QED) is 0.454. The van der Waals surface area contributed by atoms with Crippen molar-refractivity contribution in [2.45, 2.75) is 13.0 Å². The third-order valence-corrected chi connectivity index (χ3v) is 5.46. The maximum Gasteiger partial charge on any atom is 0.263 e. The first kappa shape index (κ1) is 22.9. The van der Waals surface area contributed by atoms with Gasteiger partial charge in [0.15, 0.2) is 17.3 Å². The summed E-state index contributed by atoms with van der Waals surface area (Å²) in [5, 5.41) is 13.6. The number of aromatic nitrogens is 4. The molecule has 0 aliphatic carbocycles. The first-order valence-corrected chi connectivity index (χ1v) is 10.7. The third-order valence-electron chi connectivity index (χ3n) is 5.46. The number of aliphatic hydroxyl groups excluding tert-OH is 1. The maximum atomic E-state index is 14.7. The van der Waals surface area contributed by atoms with Crippen molar-refractivity contribution in [3.05, 3.63) is 40.3 Å². The van der Waals surface area contributed by atoms with Gasteiger partial charge in [-0.3, -0.25) is 9.78 Å². The van der Waals surface area contributed by atoms with Gasteiger partial charge >= 0.3 is 0 Å². The van der Waals surface area contributed by atoms with Crippen LogP contribution in [0.5, 0.6) is 5.75 Å². The number of fused-ring (bicyclic) bond motifs is 1. The van der Waals surface area contributed by atoms with Crippen molar-refractivity contribution in [1.29, 1.82) is 0 Å². The van der Waals surface area contributed by atoms with Gasteiger partial charge in [0.05, 0.1) is 12.8 Å². The summed E-state index contributed by atoms with van der Waals surface area (Å²) in [7, 11) is 1.52. The molecule has 0 amide bonds. The first-order valence-electron chi connectivity index (χ1n) is 10.7. The summed E-state index contributed by atoms with van der Waals surface area (Å²) in [4.78, 5) is 23.3. The van der Waals surface area contributed by atoms with Crippen molar-refractivity contribution < 1.29 is 23.4 Å². The van der Waals surface area contributed by atoms with E-state index in [0.717, 1.165) is 0 Å². The van der Waals surface area contributed by atoms with Crippen LogP contribution in [0.4, 0.5) is 20.4 Å². The second-order valence-electron chi connectivity index (χ2n) is 7.62. The minimum Gasteiger partial charge on any atom is -0.491 e. The molecule has 4 rings (SSSR count). The van der Waals surface area contributed by atoms with Crippen LogP contribution >= 0.6 is 0 Å². The Morgan fingerprint density at radius 3 is 2.48 bits per heavy atom. The summed E-state index contributed by atoms with van der Waals surface area (Å²) < 4.78 is 41.1. The molecule has 0 saturated carbocycles. The molecular weight excluding hydrogens is 438 g/mol. The number of benzene rings is 1. The molecule has 33 heavy (non-hydrogen) atoms. The van der Waals surface area contributed by atoms with E-state index in [2.05, 4.69) is 15.1 Å². The van der Waals surface area contributed by atoms with E-state index >= 15 is 0 Å². The van der Waals surface area contributed by atoms with E-state index in [-0.39, 0.29) is 30.2 Å². The van der Waals surface area contributed by atoms with Gasteiger partial charge in [0.2, 0.25) is 5.95 Å². The van der Waals surface area contributed by atoms with Crippen LogP contribution in [0.2, 0.25) is 0 Å². The topological polar surface area (TPSA) is 109 Å². The zero-order chi connectivity index (χ0) is 23.4. The number of methoxy groups -OCH3 is 1. The minimum atomic E-state index is -0.698. The number of aryl methyl sites for hydroxylation is 1. The fourth-order valence-electron chi connectivity index (χ4n) is 3.80. The molecule has 1 aliphatic heterocycles. The van der Waals surface area contributed by atoms with Crippen molar-refractivity contribution in [3.8, 4) is 5.75 Å². The van der Waals surface area contributed by atoms with E-state index < -0.39 is 11.6 Å². The SMILES string of the molecule is COCCOc1cc(F)c(N2CCN(c3nc4c(cnn4CCCO)c(=O)[nH]3)CC2)c(F)c1. The molecule has 2 aromatic heterocycles. The Labute approximate surface area is 188 Å². The molecule has 1 saturated heterocycles. The molecule has 0 atom stereocenters. The molecule has 0 unspecified atom stereocenters. The highest BCUT2D eigenvalue weighted by molar-refractivity contribution is 5.74. The molecule has 1 aliphatic rings. The van der Waals surface area contributed by atoms with Gasteiger partial charge in [-0.25, -0.2) is 13.5 Å². The zero-order valence-corrected chi connectivity index (χ0v) is 18.3. The summed E-state index contributed by atoms with van der Waals surface area (Å²) in [6.45, 7) is 2.44. The predicted molar refractivity (Wildman–Crippen MR) is 118 cm³/mol. The highest BCUT2D eigenvalue weighted by atomic mass is 19.1. The molecule has 12 heteroatoms. The van der Waals surface area contributed by atoms with Gasteiger partial charge in [-0.2, -0.15) is 10.1 Å². The largest absolute Gasteiger partial charge is 0.491 e. The van der Waals surface area contributed by atoms with Crippen LogP contribution in [0.25, 0.3) is 11.0 Å². The second kappa shape index (κ2) is 10.1. The number of hydrogen-bond donors (Lipinski definition) is 2. The first-order chi connectivity index (χ1) is 16.0. The molecule has 10 nitrogen and oxygen atoms in total. The van der Waals surface area contributed by atoms with Gasteiger partial charge in [-0.1, -0.05) is 0 Å². The lowest BCUT2D eigenvalue weighted by atomic mass is 10.2. The fraction of sp³-hybridized carbons (Fsp3) is 0.476. The van der Waals surface area contributed by atoms with Crippen LogP contribution in [-0.2, 0) is 11.3 Å². The Bertz CT molecular complexity index is 1140. The predicted octanol–water partition coefficient (Wildman–Crippen LogP) is 1.13. The molecule has 178 valence electrons. The van der Waals surface area contributed by atoms with Gasteiger partial charge in [0.25, 0.3) is 5.56 Å². The standard InChI is InChI=1S/C21H26F2N6O4/c1-32-9-10-33-14-11-16(22)18(17(23)12-14)27-4-6-28(7-5-27)21-25-19-15(20(31)26-21)13-24-29(19)3-2-8-30/h11-13,30H,2-10H2,1H3,(H,25,26,31). The van der Waals surface area contributed by atoms with Crippen molar-refractivity contribution >= 4 is 22.7 Å². The number of aromatic amines is 1. The summed E-state index contributed by atoms with van der Waals surface area (Å²) in [6, 6.07) is 2.34. The number of hydrogen-bond acceptors (Lipinski definition) is 8. The average molecular weight is 464 g/mol. The van der Waals surface area contributed by atoms with E-state index in [4.69, 9.17) is 14.6 Å². The highest BCUT2D eigenvalue weighted by Gasteiger charge is 2.25. The van der Waals surface area contributed by atoms with Crippen LogP contribution in [0.3, 0.4) is 0 Å². The van der Waals surface area contributed by atoms with Gasteiger partial charge in [0.1, 0.15) is 23.4 Å². The highest BCUT2D eigenvalue weighted by Crippen LogP contribution is 2.29. The van der Waals surface area contributed by atoms with Gasteiger partial charge < -0.3 is 24.4 Å². The number of rotatable bonds is 9. The zero-order valence-electron chi connectivity index (χ0n) is 18.3. The summed E-state index contributed by atoms with van der Waals surface area (Å²) >= 11 is 0. The molecule has 1 aromatic carbocycles. The lowest BCUT2D eigenvalue weighted by Gasteiger charge is -2.36. The molecule has 3 heterocycles. The van der Waals surface area contributed by atoms with Crippen LogP contribution in [0, 0.1) is 11.6 Å². The number of anilines is 2. The number of ether oxygens (including phenoxy) is 2. The Hall–Kier alpha value is -3.25. The second-order valence-corrected chi connectivity index (χ2v) is 7.62. The van der Waals surface area contributed by atoms with E-state index in [1.807, 2.05) is 4.90 Å². The van der Waals surface area contributed by atoms with Crippen molar-refractivity contribution in [2.24, 2.45) is 0 Å². The minimum absolute atomic E-state index is 0.00669. The molecule has 0 spiro atoms. The molecule has 0 radical (unpaired) electrons. The van der Waals surface area contributed by atoms with Crippen LogP contribution < -0.4 is 20.1 Å². The Morgan fingerprint density at radius 1 is 1.12 bits per heavy atom. The van der Waals surface area contributed by atoms with E-state index in [9.17, 15) is 13.6 Å². The van der Waals surface area contributed by atoms with Crippen molar-refractivity contribution in [3.63, 3.8) is 0 Å². The number of nitrogens with zero attached hydrogens (tertiary/aromatic N) is 5. The van der Waals surface area contributed by atoms with E-state index in [1.54, 1.807) is 9.58 Å². The maximum absolute atomic E-state index is 14.7. The Balaban J connectivity index is 1.48. The van der Waals surface area contributed by atoms with Crippen molar-refractivity contribution in [2.75, 3.05) is 62.9 Å². The molecule has 2 N–H and O–H groups in total. The normalized spacial score (nSPS) is 14.3. The third kappa shape index (κ3) is 4.91. The van der Waals surface area contributed by atoms with Gasteiger partial charge in [-0.05, 0) is 6.42 Å². The van der Waals surface area contributed by atoms with E-state index in [1.165, 1.54) is 25.4 Å². The molecule has 3 aromatic rings. The lowest BCUT2D eigenvalue weighted by molar-refractivity contribution is 0.146. The molecular formula is C21H26F2N6O4. The van der Waals surface area contributed by atoms with Crippen molar-refractivity contribution in [1.82, 2.24) is 19.7 Å². The van der Waals surface area contributed by atoms with E-state index in [0.29, 0.717) is 62.7 Å². The average Bonchev–Trinajstić information content (AvgIpc) is 3.21.